The zero-order chi connectivity index (χ0) is 20.2. The first-order chi connectivity index (χ1) is 14.1. The van der Waals surface area contributed by atoms with E-state index in [4.69, 9.17) is 16.7 Å². The van der Waals surface area contributed by atoms with Crippen LogP contribution in [0, 0.1) is 0 Å². The van der Waals surface area contributed by atoms with E-state index in [1.807, 2.05) is 89.6 Å². The van der Waals surface area contributed by atoms with Crippen LogP contribution in [0.15, 0.2) is 84.9 Å². The van der Waals surface area contributed by atoms with Crippen LogP contribution in [-0.4, -0.2) is 20.9 Å². The molecular formula is C24H19ClN2O2. The Morgan fingerprint density at radius 3 is 2.03 bits per heavy atom. The van der Waals surface area contributed by atoms with Crippen molar-refractivity contribution < 1.29 is 9.90 Å². The highest BCUT2D eigenvalue weighted by atomic mass is 35.5. The summed E-state index contributed by atoms with van der Waals surface area (Å²) in [5.74, 6) is -0.884. The summed E-state index contributed by atoms with van der Waals surface area (Å²) < 4.78 is 1.89. The van der Waals surface area contributed by atoms with E-state index in [1.54, 1.807) is 0 Å². The zero-order valence-corrected chi connectivity index (χ0v) is 16.4. The minimum absolute atomic E-state index is 0.102. The third-order valence-electron chi connectivity index (χ3n) is 4.72. The number of carboxylic acids is 1. The number of hydrogen-bond donors (Lipinski definition) is 1. The number of benzene rings is 3. The van der Waals surface area contributed by atoms with Gasteiger partial charge in [0.25, 0.3) is 0 Å². The van der Waals surface area contributed by atoms with Crippen molar-refractivity contribution in [3.05, 3.63) is 101 Å². The van der Waals surface area contributed by atoms with Crippen molar-refractivity contribution in [1.29, 1.82) is 0 Å². The molecule has 1 heterocycles. The lowest BCUT2D eigenvalue weighted by Crippen LogP contribution is -2.06. The van der Waals surface area contributed by atoms with Gasteiger partial charge in [-0.3, -0.25) is 9.48 Å². The van der Waals surface area contributed by atoms with E-state index in [0.29, 0.717) is 22.8 Å². The quantitative estimate of drug-likeness (QED) is 0.460. The van der Waals surface area contributed by atoms with E-state index >= 15 is 0 Å². The van der Waals surface area contributed by atoms with Crippen molar-refractivity contribution in [3.8, 4) is 22.5 Å². The van der Waals surface area contributed by atoms with Gasteiger partial charge in [-0.2, -0.15) is 5.10 Å². The lowest BCUT2D eigenvalue weighted by molar-refractivity contribution is -0.136. The average molecular weight is 403 g/mol. The minimum atomic E-state index is -0.884. The Morgan fingerprint density at radius 1 is 0.862 bits per heavy atom. The molecule has 0 aliphatic rings. The Balaban J connectivity index is 1.91. The number of nitrogens with zero attached hydrogens (tertiary/aromatic N) is 2. The molecule has 0 saturated carbocycles. The number of aliphatic carboxylic acids is 1. The van der Waals surface area contributed by atoms with Crippen LogP contribution in [0.2, 0.25) is 5.02 Å². The molecule has 0 aliphatic carbocycles. The molecule has 0 aliphatic heterocycles. The first kappa shape index (κ1) is 19.0. The fraction of sp³-hybridized carbons (Fsp3) is 0.0833. The molecule has 4 rings (SSSR count). The topological polar surface area (TPSA) is 55.1 Å². The summed E-state index contributed by atoms with van der Waals surface area (Å²) >= 11 is 6.02. The molecular weight excluding hydrogens is 384 g/mol. The molecule has 0 amide bonds. The lowest BCUT2D eigenvalue weighted by Gasteiger charge is -2.10. The predicted octanol–water partition coefficient (Wildman–Crippen LogP) is 5.55. The molecule has 5 heteroatoms. The Kier molecular flexibility index (Phi) is 5.45. The minimum Gasteiger partial charge on any atom is -0.481 e. The molecule has 1 aromatic heterocycles. The lowest BCUT2D eigenvalue weighted by atomic mass is 9.99. The standard InChI is InChI=1S/C24H19ClN2O2/c25-20-13-11-17(12-14-20)16-27-24(19-9-5-2-6-10-19)21(15-22(28)29)23(26-27)18-7-3-1-4-8-18/h1-14H,15-16H2,(H,28,29). The van der Waals surface area contributed by atoms with Gasteiger partial charge in [-0.25, -0.2) is 0 Å². The molecule has 3 aromatic carbocycles. The normalized spacial score (nSPS) is 10.8. The van der Waals surface area contributed by atoms with Crippen LogP contribution in [0.1, 0.15) is 11.1 Å². The van der Waals surface area contributed by atoms with Gasteiger partial charge in [-0.1, -0.05) is 84.4 Å². The summed E-state index contributed by atoms with van der Waals surface area (Å²) in [7, 11) is 0. The number of rotatable bonds is 6. The Labute approximate surface area is 174 Å². The predicted molar refractivity (Wildman–Crippen MR) is 115 cm³/mol. The number of halogens is 1. The number of carboxylic acid groups (broad SMARTS) is 1. The van der Waals surface area contributed by atoms with Gasteiger partial charge >= 0.3 is 5.97 Å². The number of aromatic nitrogens is 2. The largest absolute Gasteiger partial charge is 0.481 e. The molecule has 0 bridgehead atoms. The molecule has 29 heavy (non-hydrogen) atoms. The van der Waals surface area contributed by atoms with Gasteiger partial charge < -0.3 is 5.11 Å². The Hall–Kier alpha value is -3.37. The molecule has 0 spiro atoms. The van der Waals surface area contributed by atoms with E-state index in [2.05, 4.69) is 0 Å². The molecule has 1 N–H and O–H groups in total. The van der Waals surface area contributed by atoms with Crippen LogP contribution < -0.4 is 0 Å². The fourth-order valence-corrected chi connectivity index (χ4v) is 3.57. The molecule has 4 aromatic rings. The average Bonchev–Trinajstić information content (AvgIpc) is 3.08. The van der Waals surface area contributed by atoms with Crippen LogP contribution in [0.4, 0.5) is 0 Å². The summed E-state index contributed by atoms with van der Waals surface area (Å²) in [5, 5.41) is 15.1. The highest BCUT2D eigenvalue weighted by Crippen LogP contribution is 2.33. The van der Waals surface area contributed by atoms with Gasteiger partial charge in [0.1, 0.15) is 0 Å². The van der Waals surface area contributed by atoms with E-state index in [0.717, 1.165) is 22.4 Å². The first-order valence-corrected chi connectivity index (χ1v) is 9.66. The van der Waals surface area contributed by atoms with E-state index in [9.17, 15) is 9.90 Å². The van der Waals surface area contributed by atoms with Gasteiger partial charge in [-0.05, 0) is 17.7 Å². The maximum atomic E-state index is 11.7. The van der Waals surface area contributed by atoms with Crippen molar-refractivity contribution in [1.82, 2.24) is 9.78 Å². The van der Waals surface area contributed by atoms with Crippen LogP contribution >= 0.6 is 11.6 Å². The van der Waals surface area contributed by atoms with Crippen LogP contribution in [0.3, 0.4) is 0 Å². The molecule has 0 radical (unpaired) electrons. The van der Waals surface area contributed by atoms with Crippen molar-refractivity contribution in [2.75, 3.05) is 0 Å². The van der Waals surface area contributed by atoms with E-state index < -0.39 is 5.97 Å². The summed E-state index contributed by atoms with van der Waals surface area (Å²) in [5.41, 5.74) is 5.10. The fourth-order valence-electron chi connectivity index (χ4n) is 3.44. The number of hydrogen-bond acceptors (Lipinski definition) is 2. The van der Waals surface area contributed by atoms with Gasteiger partial charge in [-0.15, -0.1) is 0 Å². The third-order valence-corrected chi connectivity index (χ3v) is 4.97. The van der Waals surface area contributed by atoms with E-state index in [1.165, 1.54) is 0 Å². The second kappa shape index (κ2) is 8.33. The van der Waals surface area contributed by atoms with Crippen molar-refractivity contribution in [2.45, 2.75) is 13.0 Å². The third kappa shape index (κ3) is 4.23. The van der Waals surface area contributed by atoms with Crippen LogP contribution in [0.25, 0.3) is 22.5 Å². The first-order valence-electron chi connectivity index (χ1n) is 9.28. The maximum Gasteiger partial charge on any atom is 0.307 e. The van der Waals surface area contributed by atoms with Crippen molar-refractivity contribution in [3.63, 3.8) is 0 Å². The second-order valence-corrected chi connectivity index (χ2v) is 7.20. The summed E-state index contributed by atoms with van der Waals surface area (Å²) in [6.07, 6.45) is -0.102. The summed E-state index contributed by atoms with van der Waals surface area (Å²) in [6, 6.07) is 27.1. The van der Waals surface area contributed by atoms with Gasteiger partial charge in [0, 0.05) is 21.7 Å². The Morgan fingerprint density at radius 2 is 1.45 bits per heavy atom. The van der Waals surface area contributed by atoms with Crippen LogP contribution in [-0.2, 0) is 17.8 Å². The molecule has 4 nitrogen and oxygen atoms in total. The highest BCUT2D eigenvalue weighted by Gasteiger charge is 2.22. The summed E-state index contributed by atoms with van der Waals surface area (Å²) in [6.45, 7) is 0.515. The van der Waals surface area contributed by atoms with E-state index in [-0.39, 0.29) is 6.42 Å². The summed E-state index contributed by atoms with van der Waals surface area (Å²) in [4.78, 5) is 11.7. The maximum absolute atomic E-state index is 11.7. The molecule has 0 saturated heterocycles. The van der Waals surface area contributed by atoms with Crippen molar-refractivity contribution >= 4 is 17.6 Å². The van der Waals surface area contributed by atoms with Crippen LogP contribution in [0.5, 0.6) is 0 Å². The van der Waals surface area contributed by atoms with Crippen molar-refractivity contribution in [2.24, 2.45) is 0 Å². The zero-order valence-electron chi connectivity index (χ0n) is 15.6. The molecule has 0 fully saturated rings. The molecule has 144 valence electrons. The van der Waals surface area contributed by atoms with Gasteiger partial charge in [0.2, 0.25) is 0 Å². The number of carbonyl (C=O) groups is 1. The SMILES string of the molecule is O=C(O)Cc1c(-c2ccccc2)nn(Cc2ccc(Cl)cc2)c1-c1ccccc1. The van der Waals surface area contributed by atoms with Gasteiger partial charge in [0.05, 0.1) is 24.4 Å². The second-order valence-electron chi connectivity index (χ2n) is 6.76. The molecule has 0 unspecified atom stereocenters. The highest BCUT2D eigenvalue weighted by molar-refractivity contribution is 6.30. The molecule has 0 atom stereocenters. The van der Waals surface area contributed by atoms with Gasteiger partial charge in [0.15, 0.2) is 0 Å². The monoisotopic (exact) mass is 402 g/mol. The smallest absolute Gasteiger partial charge is 0.307 e. The Bertz CT molecular complexity index is 1120.